The molecule has 156 valence electrons. The van der Waals surface area contributed by atoms with Crippen LogP contribution in [0.15, 0.2) is 42.5 Å². The lowest BCUT2D eigenvalue weighted by Crippen LogP contribution is -2.12. The maximum Gasteiger partial charge on any atom is 0.340 e. The van der Waals surface area contributed by atoms with Crippen LogP contribution in [0.2, 0.25) is 0 Å². The molecule has 1 N–H and O–H groups in total. The molecule has 0 fully saturated rings. The molecule has 0 saturated heterocycles. The first-order valence-electron chi connectivity index (χ1n) is 9.02. The molecule has 2 aromatic rings. The minimum atomic E-state index is -1.35. The lowest BCUT2D eigenvalue weighted by atomic mass is 9.94. The van der Waals surface area contributed by atoms with E-state index in [0.717, 1.165) is 11.1 Å². The monoisotopic (exact) mass is 410 g/mol. The van der Waals surface area contributed by atoms with Crippen LogP contribution in [-0.4, -0.2) is 31.1 Å². The van der Waals surface area contributed by atoms with E-state index < -0.39 is 5.97 Å². The number of carboxylic acids is 1. The molecule has 0 aliphatic heterocycles. The molecule has 0 aliphatic rings. The molecule has 30 heavy (non-hydrogen) atoms. The minimum Gasteiger partial charge on any atom is -0.492 e. The molecule has 0 unspecified atom stereocenters. The van der Waals surface area contributed by atoms with Crippen molar-refractivity contribution in [2.75, 3.05) is 7.11 Å². The van der Waals surface area contributed by atoms with Crippen LogP contribution in [0.5, 0.6) is 17.2 Å². The van der Waals surface area contributed by atoms with Crippen molar-refractivity contribution >= 4 is 31.1 Å². The molecule has 0 bridgehead atoms. The van der Waals surface area contributed by atoms with Crippen molar-refractivity contribution in [3.05, 3.63) is 64.7 Å². The number of hydrogen-bond acceptors (Lipinski definition) is 6. The van der Waals surface area contributed by atoms with E-state index in [9.17, 15) is 19.5 Å². The van der Waals surface area contributed by atoms with Crippen LogP contribution in [0.3, 0.4) is 0 Å². The van der Waals surface area contributed by atoms with Crippen LogP contribution >= 0.6 is 0 Å². The van der Waals surface area contributed by atoms with Crippen LogP contribution in [0.4, 0.5) is 0 Å². The normalized spacial score (nSPS) is 10.5. The fourth-order valence-electron chi connectivity index (χ4n) is 2.99. The Balaban J connectivity index is 2.85. The zero-order valence-electron chi connectivity index (χ0n) is 16.7. The zero-order chi connectivity index (χ0) is 22.1. The number of carboxylic acid groups (broad SMARTS) is 1. The molecule has 2 rings (SSSR count). The van der Waals surface area contributed by atoms with E-state index >= 15 is 0 Å². The van der Waals surface area contributed by atoms with Crippen molar-refractivity contribution in [2.24, 2.45) is 0 Å². The number of benzene rings is 2. The van der Waals surface area contributed by atoms with E-state index in [1.807, 2.05) is 37.3 Å². The van der Waals surface area contributed by atoms with Gasteiger partial charge in [-0.05, 0) is 31.4 Å². The molecule has 0 radical (unpaired) electrons. The Morgan fingerprint density at radius 1 is 1.03 bits per heavy atom. The first-order chi connectivity index (χ1) is 14.4. The Hall–Kier alpha value is -3.87. The summed E-state index contributed by atoms with van der Waals surface area (Å²) in [4.78, 5) is 34.5. The van der Waals surface area contributed by atoms with Crippen LogP contribution in [0, 0.1) is 0 Å². The Bertz CT molecular complexity index is 975. The van der Waals surface area contributed by atoms with E-state index in [-0.39, 0.29) is 47.7 Å². The van der Waals surface area contributed by atoms with Gasteiger partial charge in [-0.1, -0.05) is 42.0 Å². The van der Waals surface area contributed by atoms with Crippen LogP contribution in [0.1, 0.15) is 40.4 Å². The largest absolute Gasteiger partial charge is 0.492 e. The third kappa shape index (κ3) is 5.14. The second-order valence-corrected chi connectivity index (χ2v) is 6.39. The maximum atomic E-state index is 12.1. The van der Waals surface area contributed by atoms with Crippen molar-refractivity contribution in [2.45, 2.75) is 19.8 Å². The average molecular weight is 410 g/mol. The van der Waals surface area contributed by atoms with Gasteiger partial charge in [0.05, 0.1) is 7.11 Å². The summed E-state index contributed by atoms with van der Waals surface area (Å²) in [6, 6.07) is 9.12. The van der Waals surface area contributed by atoms with E-state index in [4.69, 9.17) is 14.2 Å². The zero-order valence-corrected chi connectivity index (χ0v) is 16.7. The topological polar surface area (TPSA) is 99.1 Å². The predicted octanol–water partition coefficient (Wildman–Crippen LogP) is 4.14. The van der Waals surface area contributed by atoms with E-state index in [1.54, 1.807) is 6.08 Å². The summed E-state index contributed by atoms with van der Waals surface area (Å²) in [5, 5.41) is 9.90. The van der Waals surface area contributed by atoms with Gasteiger partial charge in [0.2, 0.25) is 0 Å². The summed E-state index contributed by atoms with van der Waals surface area (Å²) >= 11 is 0. The number of ether oxygens (including phenoxy) is 3. The Kier molecular flexibility index (Phi) is 7.93. The number of rotatable bonds is 11. The first-order valence-corrected chi connectivity index (χ1v) is 9.02. The molecule has 2 aromatic carbocycles. The standard InChI is InChI=1S/C23H22O7/c1-15(2)9-11-18-20(29-13-24)19(23(26)27)17(22(30-14-25)21(18)28-3)12-10-16-7-5-4-6-8-16/h4-8,10,12-14H,1,9,11H2,2-3H3,(H,26,27)/b12-10+. The summed E-state index contributed by atoms with van der Waals surface area (Å²) in [5.41, 5.74) is 1.62. The average Bonchev–Trinajstić information content (AvgIpc) is 2.72. The highest BCUT2D eigenvalue weighted by molar-refractivity contribution is 6.00. The fourth-order valence-corrected chi connectivity index (χ4v) is 2.99. The van der Waals surface area contributed by atoms with Crippen LogP contribution < -0.4 is 14.2 Å². The summed E-state index contributed by atoms with van der Waals surface area (Å²) in [6.07, 6.45) is 3.86. The van der Waals surface area contributed by atoms with Gasteiger partial charge in [0, 0.05) is 11.1 Å². The van der Waals surface area contributed by atoms with Crippen molar-refractivity contribution in [1.29, 1.82) is 0 Å². The summed E-state index contributed by atoms with van der Waals surface area (Å²) in [5.74, 6) is -1.49. The lowest BCUT2D eigenvalue weighted by Gasteiger charge is -2.20. The molecular formula is C23H22O7. The number of carbonyl (C=O) groups excluding carboxylic acids is 2. The van der Waals surface area contributed by atoms with E-state index in [1.165, 1.54) is 13.2 Å². The van der Waals surface area contributed by atoms with Gasteiger partial charge in [0.15, 0.2) is 17.2 Å². The predicted molar refractivity (Wildman–Crippen MR) is 112 cm³/mol. The minimum absolute atomic E-state index is 0.0335. The summed E-state index contributed by atoms with van der Waals surface area (Å²) < 4.78 is 15.7. The van der Waals surface area contributed by atoms with E-state index in [0.29, 0.717) is 12.0 Å². The molecule has 0 aromatic heterocycles. The highest BCUT2D eigenvalue weighted by atomic mass is 16.5. The molecule has 0 saturated carbocycles. The van der Waals surface area contributed by atoms with Crippen molar-refractivity contribution in [1.82, 2.24) is 0 Å². The van der Waals surface area contributed by atoms with Gasteiger partial charge in [0.1, 0.15) is 5.56 Å². The van der Waals surface area contributed by atoms with Gasteiger partial charge in [-0.15, -0.1) is 6.58 Å². The van der Waals surface area contributed by atoms with E-state index in [2.05, 4.69) is 6.58 Å². The first kappa shape index (κ1) is 22.4. The van der Waals surface area contributed by atoms with Gasteiger partial charge < -0.3 is 19.3 Å². The fraction of sp³-hybridized carbons (Fsp3) is 0.174. The second-order valence-electron chi connectivity index (χ2n) is 6.39. The number of carbonyl (C=O) groups is 3. The van der Waals surface area contributed by atoms with Gasteiger partial charge in [0.25, 0.3) is 12.9 Å². The Labute approximate surface area is 174 Å². The number of allylic oxidation sites excluding steroid dienone is 1. The Morgan fingerprint density at radius 3 is 2.20 bits per heavy atom. The Morgan fingerprint density at radius 2 is 1.67 bits per heavy atom. The maximum absolute atomic E-state index is 12.1. The molecule has 7 nitrogen and oxygen atoms in total. The van der Waals surface area contributed by atoms with Gasteiger partial charge in [-0.25, -0.2) is 4.79 Å². The summed E-state index contributed by atoms with van der Waals surface area (Å²) in [6.45, 7) is 5.98. The highest BCUT2D eigenvalue weighted by Crippen LogP contribution is 2.46. The summed E-state index contributed by atoms with van der Waals surface area (Å²) in [7, 11) is 1.35. The lowest BCUT2D eigenvalue weighted by molar-refractivity contribution is -0.121. The molecule has 0 amide bonds. The third-order valence-electron chi connectivity index (χ3n) is 4.29. The number of methoxy groups -OCH3 is 1. The van der Waals surface area contributed by atoms with Crippen LogP contribution in [0.25, 0.3) is 12.2 Å². The van der Waals surface area contributed by atoms with Crippen molar-refractivity contribution in [3.63, 3.8) is 0 Å². The SMILES string of the molecule is C=C(C)CCc1c(OC)c(OC=O)c(/C=C/c2ccccc2)c(C(=O)O)c1OC=O. The van der Waals surface area contributed by atoms with Gasteiger partial charge >= 0.3 is 5.97 Å². The number of hydrogen-bond donors (Lipinski definition) is 1. The second kappa shape index (κ2) is 10.6. The smallest absolute Gasteiger partial charge is 0.340 e. The van der Waals surface area contributed by atoms with Crippen molar-refractivity contribution < 1.29 is 33.7 Å². The molecular weight excluding hydrogens is 388 g/mol. The third-order valence-corrected chi connectivity index (χ3v) is 4.29. The van der Waals surface area contributed by atoms with Gasteiger partial charge in [-0.2, -0.15) is 0 Å². The van der Waals surface area contributed by atoms with Gasteiger partial charge in [-0.3, -0.25) is 9.59 Å². The highest BCUT2D eigenvalue weighted by Gasteiger charge is 2.29. The van der Waals surface area contributed by atoms with Crippen molar-refractivity contribution in [3.8, 4) is 17.2 Å². The number of aromatic carboxylic acids is 1. The quantitative estimate of drug-likeness (QED) is 0.338. The molecule has 0 atom stereocenters. The molecule has 0 spiro atoms. The molecule has 7 heteroatoms. The van der Waals surface area contributed by atoms with Crippen LogP contribution in [-0.2, 0) is 16.0 Å². The molecule has 0 aliphatic carbocycles. The molecule has 0 heterocycles.